The summed E-state index contributed by atoms with van der Waals surface area (Å²) in [7, 11) is -2.95. The number of hydrogen-bond acceptors (Lipinski definition) is 4. The van der Waals surface area contributed by atoms with Crippen molar-refractivity contribution in [2.45, 2.75) is 37.1 Å². The van der Waals surface area contributed by atoms with Gasteiger partial charge in [0.2, 0.25) is 0 Å². The average molecular weight is 294 g/mol. The SMILES string of the molecule is NCC(C1CCCS1(=O)=O)N1CCc2ccccc2C1. The van der Waals surface area contributed by atoms with Crippen LogP contribution in [0.15, 0.2) is 24.3 Å². The van der Waals surface area contributed by atoms with Crippen molar-refractivity contribution in [2.75, 3.05) is 18.8 Å². The Labute approximate surface area is 120 Å². The Hall–Kier alpha value is -0.910. The van der Waals surface area contributed by atoms with Gasteiger partial charge in [-0.2, -0.15) is 0 Å². The van der Waals surface area contributed by atoms with E-state index in [-0.39, 0.29) is 11.3 Å². The van der Waals surface area contributed by atoms with Gasteiger partial charge in [0.05, 0.1) is 11.0 Å². The molecule has 0 amide bonds. The van der Waals surface area contributed by atoms with Crippen molar-refractivity contribution in [3.05, 3.63) is 35.4 Å². The topological polar surface area (TPSA) is 63.4 Å². The largest absolute Gasteiger partial charge is 0.329 e. The molecule has 3 rings (SSSR count). The minimum atomic E-state index is -2.95. The first-order valence-electron chi connectivity index (χ1n) is 7.34. The first-order valence-corrected chi connectivity index (χ1v) is 9.06. The molecule has 0 bridgehead atoms. The van der Waals surface area contributed by atoms with Crippen LogP contribution in [0, 0.1) is 0 Å². The van der Waals surface area contributed by atoms with Gasteiger partial charge in [0.15, 0.2) is 9.84 Å². The van der Waals surface area contributed by atoms with E-state index in [1.54, 1.807) is 0 Å². The molecular formula is C15H22N2O2S. The third kappa shape index (κ3) is 2.50. The van der Waals surface area contributed by atoms with Crippen molar-refractivity contribution in [3.63, 3.8) is 0 Å². The summed E-state index contributed by atoms with van der Waals surface area (Å²) in [5.74, 6) is 0.332. The van der Waals surface area contributed by atoms with Crippen LogP contribution in [0.5, 0.6) is 0 Å². The molecule has 1 aromatic rings. The Morgan fingerprint density at radius 1 is 1.30 bits per heavy atom. The Morgan fingerprint density at radius 3 is 2.70 bits per heavy atom. The molecule has 0 spiro atoms. The molecule has 0 radical (unpaired) electrons. The highest BCUT2D eigenvalue weighted by molar-refractivity contribution is 7.92. The van der Waals surface area contributed by atoms with Gasteiger partial charge in [-0.05, 0) is 30.4 Å². The number of nitrogens with zero attached hydrogens (tertiary/aromatic N) is 1. The van der Waals surface area contributed by atoms with E-state index in [2.05, 4.69) is 23.1 Å². The summed E-state index contributed by atoms with van der Waals surface area (Å²) in [5, 5.41) is -0.266. The van der Waals surface area contributed by atoms with Crippen molar-refractivity contribution < 1.29 is 8.42 Å². The van der Waals surface area contributed by atoms with Crippen LogP contribution in [0.4, 0.5) is 0 Å². The lowest BCUT2D eigenvalue weighted by molar-refractivity contribution is 0.175. The molecule has 4 nitrogen and oxygen atoms in total. The summed E-state index contributed by atoms with van der Waals surface area (Å²) in [6.07, 6.45) is 2.54. The summed E-state index contributed by atoms with van der Waals surface area (Å²) in [4.78, 5) is 2.27. The van der Waals surface area contributed by atoms with Crippen molar-refractivity contribution in [1.82, 2.24) is 4.90 Å². The lowest BCUT2D eigenvalue weighted by Gasteiger charge is -2.37. The summed E-state index contributed by atoms with van der Waals surface area (Å²) < 4.78 is 24.3. The summed E-state index contributed by atoms with van der Waals surface area (Å²) in [5.41, 5.74) is 8.61. The molecule has 2 unspecified atom stereocenters. The summed E-state index contributed by atoms with van der Waals surface area (Å²) in [6, 6.07) is 8.38. The van der Waals surface area contributed by atoms with E-state index in [1.807, 2.05) is 6.07 Å². The Balaban J connectivity index is 1.82. The number of fused-ring (bicyclic) bond motifs is 1. The zero-order chi connectivity index (χ0) is 14.2. The van der Waals surface area contributed by atoms with Crippen molar-refractivity contribution >= 4 is 9.84 Å². The highest BCUT2D eigenvalue weighted by Gasteiger charge is 2.40. The maximum absolute atomic E-state index is 12.2. The molecule has 2 heterocycles. The van der Waals surface area contributed by atoms with Crippen molar-refractivity contribution in [2.24, 2.45) is 5.73 Å². The molecule has 2 N–H and O–H groups in total. The molecule has 20 heavy (non-hydrogen) atoms. The van der Waals surface area contributed by atoms with Gasteiger partial charge in [0.1, 0.15) is 0 Å². The molecule has 2 atom stereocenters. The van der Waals surface area contributed by atoms with E-state index >= 15 is 0 Å². The summed E-state index contributed by atoms with van der Waals surface area (Å²) >= 11 is 0. The molecule has 0 aromatic heterocycles. The molecule has 1 fully saturated rings. The lowest BCUT2D eigenvalue weighted by atomic mass is 9.97. The van der Waals surface area contributed by atoms with Crippen LogP contribution in [0.25, 0.3) is 0 Å². The predicted molar refractivity (Wildman–Crippen MR) is 80.2 cm³/mol. The van der Waals surface area contributed by atoms with Gasteiger partial charge in [0, 0.05) is 25.7 Å². The van der Waals surface area contributed by atoms with E-state index in [0.29, 0.717) is 12.3 Å². The van der Waals surface area contributed by atoms with Gasteiger partial charge in [-0.15, -0.1) is 0 Å². The van der Waals surface area contributed by atoms with Crippen LogP contribution in [-0.2, 0) is 22.8 Å². The van der Waals surface area contributed by atoms with Crippen LogP contribution in [0.3, 0.4) is 0 Å². The van der Waals surface area contributed by atoms with Crippen LogP contribution < -0.4 is 5.73 Å². The fourth-order valence-electron chi connectivity index (χ4n) is 3.58. The number of nitrogens with two attached hydrogens (primary N) is 1. The highest BCUT2D eigenvalue weighted by atomic mass is 32.2. The minimum Gasteiger partial charge on any atom is -0.329 e. The molecule has 0 aliphatic carbocycles. The fraction of sp³-hybridized carbons (Fsp3) is 0.600. The Kier molecular flexibility index (Phi) is 3.84. The van der Waals surface area contributed by atoms with Crippen LogP contribution in [-0.4, -0.2) is 43.5 Å². The number of sulfone groups is 1. The average Bonchev–Trinajstić information content (AvgIpc) is 2.79. The quantitative estimate of drug-likeness (QED) is 0.901. The van der Waals surface area contributed by atoms with Gasteiger partial charge in [-0.1, -0.05) is 24.3 Å². The van der Waals surface area contributed by atoms with Gasteiger partial charge >= 0.3 is 0 Å². The second-order valence-electron chi connectivity index (χ2n) is 5.84. The van der Waals surface area contributed by atoms with Gasteiger partial charge in [-0.25, -0.2) is 8.42 Å². The smallest absolute Gasteiger partial charge is 0.154 e. The van der Waals surface area contributed by atoms with E-state index in [4.69, 9.17) is 5.73 Å². The van der Waals surface area contributed by atoms with E-state index in [0.717, 1.165) is 32.4 Å². The second-order valence-corrected chi connectivity index (χ2v) is 8.18. The molecular weight excluding hydrogens is 272 g/mol. The van der Waals surface area contributed by atoms with Gasteiger partial charge in [-0.3, -0.25) is 4.90 Å². The highest BCUT2D eigenvalue weighted by Crippen LogP contribution is 2.28. The van der Waals surface area contributed by atoms with Crippen LogP contribution in [0.2, 0.25) is 0 Å². The molecule has 0 saturated carbocycles. The molecule has 1 aromatic carbocycles. The number of rotatable bonds is 3. The maximum Gasteiger partial charge on any atom is 0.154 e. The van der Waals surface area contributed by atoms with Crippen LogP contribution in [0.1, 0.15) is 24.0 Å². The first kappa shape index (κ1) is 14.0. The monoisotopic (exact) mass is 294 g/mol. The van der Waals surface area contributed by atoms with E-state index in [1.165, 1.54) is 11.1 Å². The second kappa shape index (κ2) is 5.47. The van der Waals surface area contributed by atoms with Crippen LogP contribution >= 0.6 is 0 Å². The van der Waals surface area contributed by atoms with Gasteiger partial charge in [0.25, 0.3) is 0 Å². The predicted octanol–water partition coefficient (Wildman–Crippen LogP) is 0.949. The Morgan fingerprint density at radius 2 is 2.05 bits per heavy atom. The number of benzene rings is 1. The third-order valence-corrected chi connectivity index (χ3v) is 7.01. The zero-order valence-corrected chi connectivity index (χ0v) is 12.5. The molecule has 2 aliphatic rings. The van der Waals surface area contributed by atoms with Crippen molar-refractivity contribution in [1.29, 1.82) is 0 Å². The minimum absolute atomic E-state index is 0.0316. The first-order chi connectivity index (χ1) is 9.62. The lowest BCUT2D eigenvalue weighted by Crippen LogP contribution is -2.51. The molecule has 2 aliphatic heterocycles. The molecule has 110 valence electrons. The third-order valence-electron chi connectivity index (χ3n) is 4.68. The summed E-state index contributed by atoms with van der Waals surface area (Å²) in [6.45, 7) is 2.15. The molecule has 1 saturated heterocycles. The normalized spacial score (nSPS) is 27.1. The van der Waals surface area contributed by atoms with E-state index < -0.39 is 9.84 Å². The number of hydrogen-bond donors (Lipinski definition) is 1. The van der Waals surface area contributed by atoms with Crippen molar-refractivity contribution in [3.8, 4) is 0 Å². The standard InChI is InChI=1S/C15H22N2O2S/c16-10-14(15-6-3-9-20(15,18)19)17-8-7-12-4-1-2-5-13(12)11-17/h1-2,4-5,14-15H,3,6-11,16H2. The maximum atomic E-state index is 12.2. The molecule has 5 heteroatoms. The zero-order valence-electron chi connectivity index (χ0n) is 11.7. The fourth-order valence-corrected chi connectivity index (χ4v) is 5.74. The van der Waals surface area contributed by atoms with E-state index in [9.17, 15) is 8.42 Å². The van der Waals surface area contributed by atoms with Gasteiger partial charge < -0.3 is 5.73 Å². The Bertz CT molecular complexity index is 585.